The molecule has 0 saturated heterocycles. The summed E-state index contributed by atoms with van der Waals surface area (Å²) in [7, 11) is 6.77. The van der Waals surface area contributed by atoms with Gasteiger partial charge in [0.25, 0.3) is 0 Å². The van der Waals surface area contributed by atoms with Gasteiger partial charge in [0, 0.05) is 0 Å². The SMILES string of the molecule is CCCCCC[N+](C)(C)C.NCCCCC(N)C(=O)O. The van der Waals surface area contributed by atoms with Crippen LogP contribution in [0.15, 0.2) is 0 Å². The number of aliphatic carboxylic acids is 1. The molecule has 1 unspecified atom stereocenters. The van der Waals surface area contributed by atoms with Crippen LogP contribution in [0, 0.1) is 0 Å². The van der Waals surface area contributed by atoms with Crippen molar-refractivity contribution in [1.29, 1.82) is 0 Å². The maximum atomic E-state index is 10.1. The van der Waals surface area contributed by atoms with Gasteiger partial charge in [-0.2, -0.15) is 0 Å². The molecule has 5 N–H and O–H groups in total. The minimum absolute atomic E-state index is 0.520. The average Bonchev–Trinajstić information content (AvgIpc) is 2.34. The lowest BCUT2D eigenvalue weighted by molar-refractivity contribution is -0.870. The van der Waals surface area contributed by atoms with Crippen molar-refractivity contribution in [2.24, 2.45) is 11.5 Å². The van der Waals surface area contributed by atoms with E-state index >= 15 is 0 Å². The second-order valence-electron chi connectivity index (χ2n) is 6.30. The molecule has 0 aromatic carbocycles. The number of hydrogen-bond acceptors (Lipinski definition) is 3. The van der Waals surface area contributed by atoms with E-state index in [1.807, 2.05) is 0 Å². The number of rotatable bonds is 10. The Labute approximate surface area is 124 Å². The predicted molar refractivity (Wildman–Crippen MR) is 85.6 cm³/mol. The third-order valence-corrected chi connectivity index (χ3v) is 2.97. The summed E-state index contributed by atoms with van der Waals surface area (Å²) in [6.07, 6.45) is 7.71. The number of nitrogens with two attached hydrogens (primary N) is 2. The summed E-state index contributed by atoms with van der Waals surface area (Å²) in [6.45, 7) is 4.18. The number of carboxylic acid groups (broad SMARTS) is 1. The van der Waals surface area contributed by atoms with Crippen LogP contribution >= 0.6 is 0 Å². The van der Waals surface area contributed by atoms with Crippen molar-refractivity contribution in [1.82, 2.24) is 0 Å². The van der Waals surface area contributed by atoms with Gasteiger partial charge in [-0.05, 0) is 32.2 Å². The molecule has 0 heterocycles. The van der Waals surface area contributed by atoms with Gasteiger partial charge in [-0.3, -0.25) is 4.79 Å². The molecule has 0 bridgehead atoms. The first kappa shape index (κ1) is 21.6. The molecule has 0 spiro atoms. The highest BCUT2D eigenvalue weighted by atomic mass is 16.4. The maximum Gasteiger partial charge on any atom is 0.320 e. The van der Waals surface area contributed by atoms with Crippen LogP contribution < -0.4 is 11.5 Å². The van der Waals surface area contributed by atoms with Crippen LogP contribution in [-0.4, -0.2) is 55.8 Å². The Morgan fingerprint density at radius 2 is 1.70 bits per heavy atom. The molecule has 0 radical (unpaired) electrons. The zero-order chi connectivity index (χ0) is 16.0. The minimum Gasteiger partial charge on any atom is -0.480 e. The van der Waals surface area contributed by atoms with Crippen molar-refractivity contribution in [2.75, 3.05) is 34.2 Å². The summed E-state index contributed by atoms with van der Waals surface area (Å²) in [6, 6.07) is -0.716. The molecule has 0 fully saturated rings. The lowest BCUT2D eigenvalue weighted by atomic mass is 10.1. The maximum absolute atomic E-state index is 10.1. The van der Waals surface area contributed by atoms with Gasteiger partial charge in [0.2, 0.25) is 0 Å². The molecule has 0 aromatic heterocycles. The van der Waals surface area contributed by atoms with Gasteiger partial charge in [0.05, 0.1) is 27.7 Å². The molecular weight excluding hydrogens is 254 g/mol. The van der Waals surface area contributed by atoms with Crippen LogP contribution in [0.1, 0.15) is 51.9 Å². The van der Waals surface area contributed by atoms with Crippen LogP contribution in [0.5, 0.6) is 0 Å². The minimum atomic E-state index is -0.933. The Morgan fingerprint density at radius 1 is 1.10 bits per heavy atom. The van der Waals surface area contributed by atoms with Gasteiger partial charge in [-0.1, -0.05) is 26.2 Å². The van der Waals surface area contributed by atoms with Crippen molar-refractivity contribution < 1.29 is 14.4 Å². The highest BCUT2D eigenvalue weighted by Gasteiger charge is 2.09. The van der Waals surface area contributed by atoms with Crippen molar-refractivity contribution in [3.05, 3.63) is 0 Å². The van der Waals surface area contributed by atoms with Gasteiger partial charge >= 0.3 is 5.97 Å². The number of hydrogen-bond donors (Lipinski definition) is 3. The Bertz CT molecular complexity index is 228. The van der Waals surface area contributed by atoms with Gasteiger partial charge in [-0.25, -0.2) is 0 Å². The molecule has 0 aliphatic rings. The molecular formula is C15H36N3O2+. The van der Waals surface area contributed by atoms with Gasteiger partial charge in [0.1, 0.15) is 6.04 Å². The van der Waals surface area contributed by atoms with E-state index in [2.05, 4.69) is 28.1 Å². The summed E-state index contributed by atoms with van der Waals surface area (Å²) in [5, 5.41) is 8.33. The Hall–Kier alpha value is -0.650. The molecule has 0 aliphatic carbocycles. The van der Waals surface area contributed by atoms with Crippen LogP contribution in [0.25, 0.3) is 0 Å². The summed E-state index contributed by atoms with van der Waals surface area (Å²) >= 11 is 0. The molecule has 5 heteroatoms. The first-order valence-electron chi connectivity index (χ1n) is 7.73. The number of nitrogens with zero attached hydrogens (tertiary/aromatic N) is 1. The zero-order valence-corrected chi connectivity index (χ0v) is 13.9. The average molecular weight is 290 g/mol. The van der Waals surface area contributed by atoms with Crippen molar-refractivity contribution in [3.63, 3.8) is 0 Å². The molecule has 0 aromatic rings. The topological polar surface area (TPSA) is 89.3 Å². The summed E-state index contributed by atoms with van der Waals surface area (Å²) in [5.41, 5.74) is 10.4. The molecule has 1 atom stereocenters. The highest BCUT2D eigenvalue weighted by Crippen LogP contribution is 2.02. The molecule has 0 rings (SSSR count). The van der Waals surface area contributed by atoms with E-state index in [0.717, 1.165) is 17.3 Å². The molecule has 5 nitrogen and oxygen atoms in total. The normalized spacial score (nSPS) is 12.5. The van der Waals surface area contributed by atoms with E-state index in [-0.39, 0.29) is 0 Å². The second kappa shape index (κ2) is 13.3. The van der Waals surface area contributed by atoms with Crippen molar-refractivity contribution in [3.8, 4) is 0 Å². The fourth-order valence-corrected chi connectivity index (χ4v) is 1.64. The number of quaternary nitrogens is 1. The second-order valence-corrected chi connectivity index (χ2v) is 6.30. The summed E-state index contributed by atoms with van der Waals surface area (Å²) in [4.78, 5) is 10.1. The Morgan fingerprint density at radius 3 is 2.10 bits per heavy atom. The van der Waals surface area contributed by atoms with Gasteiger partial charge < -0.3 is 21.1 Å². The van der Waals surface area contributed by atoms with Gasteiger partial charge in [-0.15, -0.1) is 0 Å². The van der Waals surface area contributed by atoms with Gasteiger partial charge in [0.15, 0.2) is 0 Å². The Kier molecular flexibility index (Phi) is 14.4. The lowest BCUT2D eigenvalue weighted by Gasteiger charge is -2.23. The first-order chi connectivity index (χ1) is 9.24. The number of carbonyl (C=O) groups is 1. The fourth-order valence-electron chi connectivity index (χ4n) is 1.64. The van der Waals surface area contributed by atoms with Crippen molar-refractivity contribution >= 4 is 5.97 Å². The lowest BCUT2D eigenvalue weighted by Crippen LogP contribution is -2.35. The molecule has 0 aliphatic heterocycles. The first-order valence-corrected chi connectivity index (χ1v) is 7.73. The number of unbranched alkanes of at least 4 members (excludes halogenated alkanes) is 4. The van der Waals surface area contributed by atoms with Crippen LogP contribution in [0.4, 0.5) is 0 Å². The third kappa shape index (κ3) is 19.7. The van der Waals surface area contributed by atoms with E-state index in [0.29, 0.717) is 13.0 Å². The summed E-state index contributed by atoms with van der Waals surface area (Å²) in [5.74, 6) is -0.933. The quantitative estimate of drug-likeness (QED) is 0.423. The molecule has 20 heavy (non-hydrogen) atoms. The van der Waals surface area contributed by atoms with E-state index in [1.165, 1.54) is 32.2 Å². The van der Waals surface area contributed by atoms with E-state index in [4.69, 9.17) is 16.6 Å². The molecule has 0 saturated carbocycles. The molecule has 122 valence electrons. The smallest absolute Gasteiger partial charge is 0.320 e. The largest absolute Gasteiger partial charge is 0.480 e. The fraction of sp³-hybridized carbons (Fsp3) is 0.933. The van der Waals surface area contributed by atoms with E-state index in [1.54, 1.807) is 0 Å². The standard InChI is InChI=1S/C9H22N.C6H14N2O2/c1-5-6-7-8-9-10(2,3)4;7-4-2-1-3-5(8)6(9)10/h5-9H2,1-4H3;5H,1-4,7-8H2,(H,9,10)/q+1;. The number of carboxylic acids is 1. The van der Waals surface area contributed by atoms with Crippen LogP contribution in [0.2, 0.25) is 0 Å². The third-order valence-electron chi connectivity index (χ3n) is 2.97. The summed E-state index contributed by atoms with van der Waals surface area (Å²) < 4.78 is 1.11. The van der Waals surface area contributed by atoms with Crippen LogP contribution in [-0.2, 0) is 4.79 Å². The predicted octanol–water partition coefficient (Wildman–Crippen LogP) is 1.80. The van der Waals surface area contributed by atoms with Crippen LogP contribution in [0.3, 0.4) is 0 Å². The van der Waals surface area contributed by atoms with E-state index < -0.39 is 12.0 Å². The van der Waals surface area contributed by atoms with Crippen molar-refractivity contribution in [2.45, 2.75) is 57.9 Å². The zero-order valence-electron chi connectivity index (χ0n) is 13.9. The molecule has 0 amide bonds. The van der Waals surface area contributed by atoms with E-state index in [9.17, 15) is 4.79 Å². The monoisotopic (exact) mass is 290 g/mol. The Balaban J connectivity index is 0. The highest BCUT2D eigenvalue weighted by molar-refractivity contribution is 5.72.